The van der Waals surface area contributed by atoms with Gasteiger partial charge in [-0.2, -0.15) is 13.2 Å². The van der Waals surface area contributed by atoms with E-state index in [4.69, 9.17) is 5.73 Å². The van der Waals surface area contributed by atoms with E-state index in [1.54, 1.807) is 0 Å². The summed E-state index contributed by atoms with van der Waals surface area (Å²) in [6.07, 6.45) is -3.39. The minimum atomic E-state index is -4.70. The lowest BCUT2D eigenvalue weighted by Crippen LogP contribution is -2.20. The van der Waals surface area contributed by atoms with E-state index >= 15 is 0 Å². The van der Waals surface area contributed by atoms with Gasteiger partial charge in [-0.15, -0.1) is 0 Å². The fourth-order valence-corrected chi connectivity index (χ4v) is 1.43. The molecule has 0 atom stereocenters. The number of pyridine rings is 1. The summed E-state index contributed by atoms with van der Waals surface area (Å²) in [5.74, 6) is -1.16. The number of rotatable bonds is 1. The summed E-state index contributed by atoms with van der Waals surface area (Å²) >= 11 is 0. The first kappa shape index (κ1) is 10.5. The third-order valence-electron chi connectivity index (χ3n) is 2.03. The molecule has 0 aliphatic heterocycles. The van der Waals surface area contributed by atoms with Crippen molar-refractivity contribution in [2.75, 3.05) is 0 Å². The molecule has 0 radical (unpaired) electrons. The second kappa shape index (κ2) is 3.22. The number of alkyl halides is 3. The third-order valence-corrected chi connectivity index (χ3v) is 2.03. The minimum Gasteiger partial charge on any atom is -0.364 e. The molecule has 0 aliphatic rings. The first-order valence-electron chi connectivity index (χ1n) is 4.25. The summed E-state index contributed by atoms with van der Waals surface area (Å²) in [6.45, 7) is 0. The van der Waals surface area contributed by atoms with Crippen molar-refractivity contribution in [3.63, 3.8) is 0 Å². The Labute approximate surface area is 87.5 Å². The van der Waals surface area contributed by atoms with Gasteiger partial charge in [-0.25, -0.2) is 4.98 Å². The Bertz CT molecular complexity index is 559. The van der Waals surface area contributed by atoms with Crippen LogP contribution in [0.15, 0.2) is 24.4 Å². The second-order valence-corrected chi connectivity index (χ2v) is 3.10. The number of nitrogens with zero attached hydrogens (tertiary/aromatic N) is 2. The minimum absolute atomic E-state index is 0.0311. The zero-order valence-corrected chi connectivity index (χ0v) is 7.82. The van der Waals surface area contributed by atoms with Crippen LogP contribution in [0.5, 0.6) is 0 Å². The molecule has 2 N–H and O–H groups in total. The molecule has 0 aromatic carbocycles. The first-order valence-corrected chi connectivity index (χ1v) is 4.25. The molecule has 2 aromatic rings. The van der Waals surface area contributed by atoms with Crippen LogP contribution in [-0.4, -0.2) is 15.3 Å². The highest BCUT2D eigenvalue weighted by atomic mass is 19.4. The van der Waals surface area contributed by atoms with E-state index < -0.39 is 23.5 Å². The Kier molecular flexibility index (Phi) is 2.11. The molecular formula is C9H6F3N3O. The zero-order valence-electron chi connectivity index (χ0n) is 7.82. The smallest absolute Gasteiger partial charge is 0.364 e. The highest BCUT2D eigenvalue weighted by Gasteiger charge is 2.39. The molecule has 84 valence electrons. The van der Waals surface area contributed by atoms with E-state index in [-0.39, 0.29) is 5.65 Å². The summed E-state index contributed by atoms with van der Waals surface area (Å²) in [4.78, 5) is 14.3. The number of carbonyl (C=O) groups excluding carboxylic acids is 1. The summed E-state index contributed by atoms with van der Waals surface area (Å²) in [6, 6.07) is 4.37. The lowest BCUT2D eigenvalue weighted by molar-refractivity contribution is -0.141. The second-order valence-electron chi connectivity index (χ2n) is 3.10. The molecule has 16 heavy (non-hydrogen) atoms. The van der Waals surface area contributed by atoms with E-state index in [1.165, 1.54) is 24.4 Å². The first-order chi connectivity index (χ1) is 7.41. The van der Waals surface area contributed by atoms with Crippen LogP contribution in [0.2, 0.25) is 0 Å². The molecule has 1 amide bonds. The van der Waals surface area contributed by atoms with Crippen LogP contribution < -0.4 is 5.73 Å². The van der Waals surface area contributed by atoms with Gasteiger partial charge in [0.1, 0.15) is 11.3 Å². The van der Waals surface area contributed by atoms with Gasteiger partial charge < -0.3 is 5.73 Å². The van der Waals surface area contributed by atoms with Crippen molar-refractivity contribution in [2.24, 2.45) is 5.73 Å². The molecule has 0 aliphatic carbocycles. The Morgan fingerprint density at radius 1 is 1.38 bits per heavy atom. The molecule has 0 spiro atoms. The number of hydrogen-bond acceptors (Lipinski definition) is 2. The Balaban J connectivity index is 2.84. The summed E-state index contributed by atoms with van der Waals surface area (Å²) in [5.41, 5.74) is 3.05. The van der Waals surface area contributed by atoms with Crippen LogP contribution >= 0.6 is 0 Å². The quantitative estimate of drug-likeness (QED) is 0.804. The highest BCUT2D eigenvalue weighted by Crippen LogP contribution is 2.31. The van der Waals surface area contributed by atoms with E-state index in [0.29, 0.717) is 0 Å². The molecule has 0 bridgehead atoms. The molecule has 2 aromatic heterocycles. The highest BCUT2D eigenvalue weighted by molar-refractivity contribution is 5.93. The predicted octanol–water partition coefficient (Wildman–Crippen LogP) is 1.45. The summed E-state index contributed by atoms with van der Waals surface area (Å²) in [5, 5.41) is 0. The van der Waals surface area contributed by atoms with Crippen molar-refractivity contribution >= 4 is 11.6 Å². The predicted molar refractivity (Wildman–Crippen MR) is 48.7 cm³/mol. The van der Waals surface area contributed by atoms with Gasteiger partial charge >= 0.3 is 6.18 Å². The lowest BCUT2D eigenvalue weighted by atomic mass is 10.3. The van der Waals surface area contributed by atoms with Gasteiger partial charge in [0.15, 0.2) is 5.69 Å². The van der Waals surface area contributed by atoms with Crippen molar-refractivity contribution in [2.45, 2.75) is 6.18 Å². The SMILES string of the molecule is NC(=O)c1c(C(F)(F)F)nc2ccccn12. The van der Waals surface area contributed by atoms with Gasteiger partial charge in [0, 0.05) is 6.20 Å². The molecule has 2 rings (SSSR count). The number of imidazole rings is 1. The summed E-state index contributed by atoms with van der Waals surface area (Å²) < 4.78 is 38.7. The largest absolute Gasteiger partial charge is 0.435 e. The third kappa shape index (κ3) is 1.50. The van der Waals surface area contributed by atoms with Crippen LogP contribution in [0, 0.1) is 0 Å². The molecular weight excluding hydrogens is 223 g/mol. The number of fused-ring (bicyclic) bond motifs is 1. The van der Waals surface area contributed by atoms with Crippen molar-refractivity contribution in [1.29, 1.82) is 0 Å². The maximum atomic E-state index is 12.6. The van der Waals surface area contributed by atoms with Gasteiger partial charge in [-0.1, -0.05) is 6.07 Å². The van der Waals surface area contributed by atoms with Crippen molar-refractivity contribution < 1.29 is 18.0 Å². The topological polar surface area (TPSA) is 60.4 Å². The number of primary amides is 1. The van der Waals surface area contributed by atoms with Crippen LogP contribution in [-0.2, 0) is 6.18 Å². The fourth-order valence-electron chi connectivity index (χ4n) is 1.43. The molecule has 0 unspecified atom stereocenters. The van der Waals surface area contributed by atoms with E-state index in [0.717, 1.165) is 4.40 Å². The number of carbonyl (C=O) groups is 1. The Morgan fingerprint density at radius 2 is 2.06 bits per heavy atom. The molecule has 0 saturated heterocycles. The average molecular weight is 229 g/mol. The van der Waals surface area contributed by atoms with E-state index in [1.807, 2.05) is 0 Å². The van der Waals surface area contributed by atoms with Crippen molar-refractivity contribution in [3.05, 3.63) is 35.8 Å². The summed E-state index contributed by atoms with van der Waals surface area (Å²) in [7, 11) is 0. The number of halogens is 3. The van der Waals surface area contributed by atoms with Crippen LogP contribution in [0.4, 0.5) is 13.2 Å². The fraction of sp³-hybridized carbons (Fsp3) is 0.111. The van der Waals surface area contributed by atoms with Gasteiger partial charge in [-0.05, 0) is 12.1 Å². The van der Waals surface area contributed by atoms with Crippen LogP contribution in [0.1, 0.15) is 16.2 Å². The molecule has 4 nitrogen and oxygen atoms in total. The van der Waals surface area contributed by atoms with Gasteiger partial charge in [-0.3, -0.25) is 9.20 Å². The maximum Gasteiger partial charge on any atom is 0.435 e. The number of aromatic nitrogens is 2. The van der Waals surface area contributed by atoms with Crippen LogP contribution in [0.25, 0.3) is 5.65 Å². The maximum absolute atomic E-state index is 12.6. The van der Waals surface area contributed by atoms with Crippen molar-refractivity contribution in [3.8, 4) is 0 Å². The van der Waals surface area contributed by atoms with Crippen molar-refractivity contribution in [1.82, 2.24) is 9.38 Å². The average Bonchev–Trinajstić information content (AvgIpc) is 2.55. The number of hydrogen-bond donors (Lipinski definition) is 1. The van der Waals surface area contributed by atoms with E-state index in [9.17, 15) is 18.0 Å². The molecule has 0 fully saturated rings. The molecule has 2 heterocycles. The molecule has 7 heteroatoms. The monoisotopic (exact) mass is 229 g/mol. The lowest BCUT2D eigenvalue weighted by Gasteiger charge is -2.03. The normalized spacial score (nSPS) is 11.9. The van der Waals surface area contributed by atoms with Gasteiger partial charge in [0.05, 0.1) is 0 Å². The standard InChI is InChI=1S/C9H6F3N3O/c10-9(11,12)7-6(8(13)16)15-4-2-1-3-5(15)14-7/h1-4H,(H2,13,16). The zero-order chi connectivity index (χ0) is 11.9. The Hall–Kier alpha value is -2.05. The van der Waals surface area contributed by atoms with Crippen LogP contribution in [0.3, 0.4) is 0 Å². The number of amides is 1. The molecule has 0 saturated carbocycles. The van der Waals surface area contributed by atoms with E-state index in [2.05, 4.69) is 4.98 Å². The van der Waals surface area contributed by atoms with Gasteiger partial charge in [0.25, 0.3) is 5.91 Å². The number of nitrogens with two attached hydrogens (primary N) is 1. The van der Waals surface area contributed by atoms with Gasteiger partial charge in [0.2, 0.25) is 0 Å². The Morgan fingerprint density at radius 3 is 2.62 bits per heavy atom.